The van der Waals surface area contributed by atoms with Gasteiger partial charge >= 0.3 is 0 Å². The minimum atomic E-state index is 0.0548. The number of methoxy groups -OCH3 is 1. The molecule has 3 heteroatoms. The van der Waals surface area contributed by atoms with E-state index < -0.39 is 0 Å². The fraction of sp³-hybridized carbons (Fsp3) is 0.300. The standard InChI is InChI=1S/C10H13NO2/c1-7(12)8-4-5-10(13-3)9(6-8)11-2/h4-6,11H,1-3H3. The van der Waals surface area contributed by atoms with E-state index in [-0.39, 0.29) is 5.78 Å². The Kier molecular flexibility index (Phi) is 2.90. The zero-order valence-corrected chi connectivity index (χ0v) is 8.05. The van der Waals surface area contributed by atoms with Crippen LogP contribution in [-0.4, -0.2) is 19.9 Å². The smallest absolute Gasteiger partial charge is 0.159 e. The fourth-order valence-corrected chi connectivity index (χ4v) is 1.12. The molecular formula is C10H13NO2. The van der Waals surface area contributed by atoms with E-state index in [1.165, 1.54) is 0 Å². The van der Waals surface area contributed by atoms with Gasteiger partial charge in [0.2, 0.25) is 0 Å². The molecule has 0 aliphatic heterocycles. The number of ketones is 1. The number of rotatable bonds is 3. The number of nitrogens with one attached hydrogen (secondary N) is 1. The van der Waals surface area contributed by atoms with Gasteiger partial charge in [-0.2, -0.15) is 0 Å². The highest BCUT2D eigenvalue weighted by molar-refractivity contribution is 5.95. The molecule has 1 rings (SSSR count). The lowest BCUT2D eigenvalue weighted by molar-refractivity contribution is 0.101. The summed E-state index contributed by atoms with van der Waals surface area (Å²) in [5.41, 5.74) is 1.51. The van der Waals surface area contributed by atoms with Gasteiger partial charge in [-0.25, -0.2) is 0 Å². The highest BCUT2D eigenvalue weighted by atomic mass is 16.5. The van der Waals surface area contributed by atoms with E-state index in [1.807, 2.05) is 0 Å². The predicted molar refractivity (Wildman–Crippen MR) is 52.5 cm³/mol. The number of benzene rings is 1. The molecule has 0 heterocycles. The minimum Gasteiger partial charge on any atom is -0.495 e. The van der Waals surface area contributed by atoms with Crippen LogP contribution in [0.15, 0.2) is 18.2 Å². The number of anilines is 1. The van der Waals surface area contributed by atoms with Gasteiger partial charge in [0.1, 0.15) is 5.75 Å². The summed E-state index contributed by atoms with van der Waals surface area (Å²) in [5, 5.41) is 2.96. The summed E-state index contributed by atoms with van der Waals surface area (Å²) in [6.07, 6.45) is 0. The highest BCUT2D eigenvalue weighted by Crippen LogP contribution is 2.24. The van der Waals surface area contributed by atoms with Crippen LogP contribution in [0.5, 0.6) is 5.75 Å². The molecule has 0 unspecified atom stereocenters. The molecule has 3 nitrogen and oxygen atoms in total. The Hall–Kier alpha value is -1.51. The van der Waals surface area contributed by atoms with E-state index in [9.17, 15) is 4.79 Å². The number of Topliss-reactive ketones (excluding diaryl/α,β-unsaturated/α-hetero) is 1. The fourth-order valence-electron chi connectivity index (χ4n) is 1.12. The van der Waals surface area contributed by atoms with Crippen molar-refractivity contribution in [2.75, 3.05) is 19.5 Å². The first-order valence-electron chi connectivity index (χ1n) is 4.05. The van der Waals surface area contributed by atoms with Crippen molar-refractivity contribution in [3.8, 4) is 5.75 Å². The van der Waals surface area contributed by atoms with Crippen molar-refractivity contribution in [2.24, 2.45) is 0 Å². The third-order valence-corrected chi connectivity index (χ3v) is 1.88. The molecule has 0 bridgehead atoms. The van der Waals surface area contributed by atoms with E-state index in [4.69, 9.17) is 4.74 Å². The Bertz CT molecular complexity index is 321. The average molecular weight is 179 g/mol. The molecule has 70 valence electrons. The first kappa shape index (κ1) is 9.58. The van der Waals surface area contributed by atoms with Crippen LogP contribution in [0.2, 0.25) is 0 Å². The largest absolute Gasteiger partial charge is 0.495 e. The van der Waals surface area contributed by atoms with E-state index in [2.05, 4.69) is 5.32 Å². The minimum absolute atomic E-state index is 0.0548. The molecule has 1 N–H and O–H groups in total. The maximum Gasteiger partial charge on any atom is 0.159 e. The van der Waals surface area contributed by atoms with Crippen LogP contribution in [-0.2, 0) is 0 Å². The van der Waals surface area contributed by atoms with Crippen LogP contribution in [0.4, 0.5) is 5.69 Å². The third kappa shape index (κ3) is 1.99. The van der Waals surface area contributed by atoms with Gasteiger partial charge in [-0.1, -0.05) is 0 Å². The number of carbonyl (C=O) groups is 1. The quantitative estimate of drug-likeness (QED) is 0.720. The van der Waals surface area contributed by atoms with Crippen molar-refractivity contribution in [1.82, 2.24) is 0 Å². The number of carbonyl (C=O) groups excluding carboxylic acids is 1. The zero-order chi connectivity index (χ0) is 9.84. The second-order valence-electron chi connectivity index (χ2n) is 2.72. The number of ether oxygens (including phenoxy) is 1. The molecule has 0 saturated carbocycles. The first-order valence-corrected chi connectivity index (χ1v) is 4.05. The molecule has 0 aliphatic rings. The monoisotopic (exact) mass is 179 g/mol. The molecule has 0 atom stereocenters. The van der Waals surface area contributed by atoms with Gasteiger partial charge in [-0.3, -0.25) is 4.79 Å². The molecule has 0 amide bonds. The Balaban J connectivity index is 3.13. The van der Waals surface area contributed by atoms with Crippen LogP contribution in [0.1, 0.15) is 17.3 Å². The van der Waals surface area contributed by atoms with E-state index in [0.29, 0.717) is 5.56 Å². The molecule has 0 fully saturated rings. The van der Waals surface area contributed by atoms with Crippen LogP contribution in [0.3, 0.4) is 0 Å². The lowest BCUT2D eigenvalue weighted by atomic mass is 10.1. The van der Waals surface area contributed by atoms with Crippen LogP contribution < -0.4 is 10.1 Å². The van der Waals surface area contributed by atoms with Crippen molar-refractivity contribution >= 4 is 11.5 Å². The van der Waals surface area contributed by atoms with Gasteiger partial charge in [-0.15, -0.1) is 0 Å². The second kappa shape index (κ2) is 3.94. The molecule has 0 saturated heterocycles. The molecule has 0 aromatic heterocycles. The molecular weight excluding hydrogens is 166 g/mol. The van der Waals surface area contributed by atoms with Crippen LogP contribution >= 0.6 is 0 Å². The van der Waals surface area contributed by atoms with Crippen molar-refractivity contribution < 1.29 is 9.53 Å². The van der Waals surface area contributed by atoms with Crippen molar-refractivity contribution in [3.63, 3.8) is 0 Å². The van der Waals surface area contributed by atoms with Crippen molar-refractivity contribution in [1.29, 1.82) is 0 Å². The average Bonchev–Trinajstić information content (AvgIpc) is 2.16. The number of hydrogen-bond donors (Lipinski definition) is 1. The Morgan fingerprint density at radius 1 is 1.46 bits per heavy atom. The maximum absolute atomic E-state index is 11.0. The summed E-state index contributed by atoms with van der Waals surface area (Å²) in [7, 11) is 3.39. The first-order chi connectivity index (χ1) is 6.19. The Morgan fingerprint density at radius 2 is 2.15 bits per heavy atom. The lowest BCUT2D eigenvalue weighted by Gasteiger charge is -2.08. The summed E-state index contributed by atoms with van der Waals surface area (Å²) >= 11 is 0. The van der Waals surface area contributed by atoms with Gasteiger partial charge in [0, 0.05) is 12.6 Å². The summed E-state index contributed by atoms with van der Waals surface area (Å²) in [6, 6.07) is 5.31. The van der Waals surface area contributed by atoms with Crippen molar-refractivity contribution in [3.05, 3.63) is 23.8 Å². The molecule has 13 heavy (non-hydrogen) atoms. The van der Waals surface area contributed by atoms with E-state index >= 15 is 0 Å². The zero-order valence-electron chi connectivity index (χ0n) is 8.05. The third-order valence-electron chi connectivity index (χ3n) is 1.88. The van der Waals surface area contributed by atoms with Crippen molar-refractivity contribution in [2.45, 2.75) is 6.92 Å². The Labute approximate surface area is 77.7 Å². The highest BCUT2D eigenvalue weighted by Gasteiger charge is 2.04. The van der Waals surface area contributed by atoms with Gasteiger partial charge in [0.15, 0.2) is 5.78 Å². The SMILES string of the molecule is CNc1cc(C(C)=O)ccc1OC. The normalized spacial score (nSPS) is 9.46. The molecule has 0 radical (unpaired) electrons. The predicted octanol–water partition coefficient (Wildman–Crippen LogP) is 1.94. The molecule has 0 spiro atoms. The summed E-state index contributed by atoms with van der Waals surface area (Å²) < 4.78 is 5.10. The maximum atomic E-state index is 11.0. The summed E-state index contributed by atoms with van der Waals surface area (Å²) in [4.78, 5) is 11.0. The van der Waals surface area contributed by atoms with E-state index in [0.717, 1.165) is 11.4 Å². The van der Waals surface area contributed by atoms with E-state index in [1.54, 1.807) is 39.3 Å². The van der Waals surface area contributed by atoms with Gasteiger partial charge in [0.05, 0.1) is 12.8 Å². The topological polar surface area (TPSA) is 38.3 Å². The van der Waals surface area contributed by atoms with Crippen LogP contribution in [0, 0.1) is 0 Å². The summed E-state index contributed by atoms with van der Waals surface area (Å²) in [5.74, 6) is 0.798. The van der Waals surface area contributed by atoms with Crippen LogP contribution in [0.25, 0.3) is 0 Å². The van der Waals surface area contributed by atoms with Gasteiger partial charge < -0.3 is 10.1 Å². The molecule has 1 aromatic carbocycles. The second-order valence-corrected chi connectivity index (χ2v) is 2.72. The molecule has 0 aliphatic carbocycles. The van der Waals surface area contributed by atoms with Gasteiger partial charge in [-0.05, 0) is 25.1 Å². The number of hydrogen-bond acceptors (Lipinski definition) is 3. The summed E-state index contributed by atoms with van der Waals surface area (Å²) in [6.45, 7) is 1.54. The Morgan fingerprint density at radius 3 is 2.62 bits per heavy atom. The van der Waals surface area contributed by atoms with Gasteiger partial charge in [0.25, 0.3) is 0 Å². The molecule has 1 aromatic rings. The lowest BCUT2D eigenvalue weighted by Crippen LogP contribution is -1.97.